The first kappa shape index (κ1) is 20.8. The number of rotatable bonds is 5. The molecular formula is C20H23N3O5S. The summed E-state index contributed by atoms with van der Waals surface area (Å²) in [5.41, 5.74) is 7.32. The first-order chi connectivity index (χ1) is 13.7. The summed E-state index contributed by atoms with van der Waals surface area (Å²) in [4.78, 5) is 26.0. The number of sulfonamides is 1. The molecular weight excluding hydrogens is 394 g/mol. The minimum atomic E-state index is -3.83. The summed E-state index contributed by atoms with van der Waals surface area (Å²) in [5, 5.41) is 0. The van der Waals surface area contributed by atoms with Crippen molar-refractivity contribution in [2.45, 2.75) is 24.8 Å². The molecule has 2 aromatic carbocycles. The molecule has 0 radical (unpaired) electrons. The van der Waals surface area contributed by atoms with Gasteiger partial charge in [-0.3, -0.25) is 14.3 Å². The number of nitrogens with one attached hydrogen (secondary N) is 1. The molecule has 0 bridgehead atoms. The van der Waals surface area contributed by atoms with E-state index in [9.17, 15) is 18.0 Å². The average molecular weight is 417 g/mol. The van der Waals surface area contributed by atoms with Gasteiger partial charge in [0.25, 0.3) is 15.9 Å². The lowest BCUT2D eigenvalue weighted by Crippen LogP contribution is -2.54. The number of anilines is 1. The van der Waals surface area contributed by atoms with E-state index in [1.807, 2.05) is 13.0 Å². The molecule has 1 aliphatic rings. The lowest BCUT2D eigenvalue weighted by Gasteiger charge is -2.33. The van der Waals surface area contributed by atoms with Crippen LogP contribution in [0.3, 0.4) is 0 Å². The second-order valence-electron chi connectivity index (χ2n) is 6.95. The van der Waals surface area contributed by atoms with Gasteiger partial charge in [0, 0.05) is 17.8 Å². The molecule has 1 heterocycles. The van der Waals surface area contributed by atoms with Crippen LogP contribution in [0.15, 0.2) is 47.4 Å². The van der Waals surface area contributed by atoms with Crippen molar-refractivity contribution in [3.63, 3.8) is 0 Å². The number of morpholine rings is 1. The lowest BCUT2D eigenvalue weighted by molar-refractivity contribution is -0.127. The molecule has 8 nitrogen and oxygen atoms in total. The van der Waals surface area contributed by atoms with Crippen LogP contribution in [-0.4, -0.2) is 50.9 Å². The second kappa shape index (κ2) is 8.22. The summed E-state index contributed by atoms with van der Waals surface area (Å²) in [6, 6.07) is 10.5. The van der Waals surface area contributed by atoms with E-state index in [-0.39, 0.29) is 29.3 Å². The fourth-order valence-corrected chi connectivity index (χ4v) is 4.55. The molecule has 1 saturated heterocycles. The van der Waals surface area contributed by atoms with Gasteiger partial charge in [0.15, 0.2) is 0 Å². The molecule has 0 aliphatic carbocycles. The smallest absolute Gasteiger partial charge is 0.262 e. The van der Waals surface area contributed by atoms with Crippen LogP contribution in [0.2, 0.25) is 0 Å². The zero-order valence-corrected chi connectivity index (χ0v) is 17.0. The fourth-order valence-electron chi connectivity index (χ4n) is 3.17. The third-order valence-corrected chi connectivity index (χ3v) is 6.24. The highest BCUT2D eigenvalue weighted by Crippen LogP contribution is 2.22. The second-order valence-corrected chi connectivity index (χ2v) is 8.60. The Kier molecular flexibility index (Phi) is 5.90. The molecule has 2 amide bonds. The summed E-state index contributed by atoms with van der Waals surface area (Å²) in [5.74, 6) is -1.06. The maximum absolute atomic E-state index is 12.9. The van der Waals surface area contributed by atoms with E-state index in [1.165, 1.54) is 11.0 Å². The lowest BCUT2D eigenvalue weighted by atomic mass is 10.1. The van der Waals surface area contributed by atoms with Gasteiger partial charge in [-0.2, -0.15) is 0 Å². The number of primary amides is 1. The SMILES string of the molecule is Cc1ccc(C)c(S(=O)(=O)Nc2cccc(C(=O)N3CCOCC3C(N)=O)c2)c1. The third-order valence-electron chi connectivity index (χ3n) is 4.71. The van der Waals surface area contributed by atoms with Crippen LogP contribution in [0.4, 0.5) is 5.69 Å². The molecule has 9 heteroatoms. The molecule has 1 aliphatic heterocycles. The van der Waals surface area contributed by atoms with Gasteiger partial charge >= 0.3 is 0 Å². The highest BCUT2D eigenvalue weighted by atomic mass is 32.2. The van der Waals surface area contributed by atoms with E-state index in [1.54, 1.807) is 37.3 Å². The molecule has 154 valence electrons. The third kappa shape index (κ3) is 4.57. The Morgan fingerprint density at radius 3 is 2.66 bits per heavy atom. The summed E-state index contributed by atoms with van der Waals surface area (Å²) < 4.78 is 33.4. The van der Waals surface area contributed by atoms with Crippen molar-refractivity contribution in [1.82, 2.24) is 4.90 Å². The maximum atomic E-state index is 12.9. The summed E-state index contributed by atoms with van der Waals surface area (Å²) in [7, 11) is -3.83. The van der Waals surface area contributed by atoms with E-state index in [0.717, 1.165) is 5.56 Å². The highest BCUT2D eigenvalue weighted by Gasteiger charge is 2.32. The number of aryl methyl sites for hydroxylation is 2. The number of hydrogen-bond acceptors (Lipinski definition) is 5. The van der Waals surface area contributed by atoms with Crippen LogP contribution in [-0.2, 0) is 19.6 Å². The summed E-state index contributed by atoms with van der Waals surface area (Å²) in [6.45, 7) is 4.10. The summed E-state index contributed by atoms with van der Waals surface area (Å²) >= 11 is 0. The van der Waals surface area contributed by atoms with Gasteiger partial charge in [0.1, 0.15) is 6.04 Å². The molecule has 1 atom stereocenters. The van der Waals surface area contributed by atoms with Crippen molar-refractivity contribution < 1.29 is 22.7 Å². The molecule has 0 spiro atoms. The maximum Gasteiger partial charge on any atom is 0.262 e. The Balaban J connectivity index is 1.87. The summed E-state index contributed by atoms with van der Waals surface area (Å²) in [6.07, 6.45) is 0. The Bertz CT molecular complexity index is 1050. The van der Waals surface area contributed by atoms with Crippen molar-refractivity contribution in [3.8, 4) is 0 Å². The molecule has 0 aromatic heterocycles. The van der Waals surface area contributed by atoms with E-state index in [0.29, 0.717) is 12.2 Å². The monoisotopic (exact) mass is 417 g/mol. The number of nitrogens with two attached hydrogens (primary N) is 1. The number of ether oxygens (including phenoxy) is 1. The van der Waals surface area contributed by atoms with Crippen molar-refractivity contribution in [3.05, 3.63) is 59.2 Å². The van der Waals surface area contributed by atoms with Crippen LogP contribution < -0.4 is 10.5 Å². The Morgan fingerprint density at radius 1 is 1.17 bits per heavy atom. The van der Waals surface area contributed by atoms with E-state index in [2.05, 4.69) is 4.72 Å². The Labute approximate surface area is 169 Å². The molecule has 2 aromatic rings. The van der Waals surface area contributed by atoms with Crippen molar-refractivity contribution >= 4 is 27.5 Å². The first-order valence-electron chi connectivity index (χ1n) is 9.07. The molecule has 1 unspecified atom stereocenters. The Hall–Kier alpha value is -2.91. The highest BCUT2D eigenvalue weighted by molar-refractivity contribution is 7.92. The average Bonchev–Trinajstić information content (AvgIpc) is 2.69. The molecule has 29 heavy (non-hydrogen) atoms. The predicted molar refractivity (Wildman–Crippen MR) is 108 cm³/mol. The van der Waals surface area contributed by atoms with Crippen LogP contribution in [0.1, 0.15) is 21.5 Å². The van der Waals surface area contributed by atoms with Gasteiger partial charge in [-0.05, 0) is 49.2 Å². The number of hydrogen-bond donors (Lipinski definition) is 2. The zero-order valence-electron chi connectivity index (χ0n) is 16.2. The van der Waals surface area contributed by atoms with Crippen LogP contribution >= 0.6 is 0 Å². The number of nitrogens with zero attached hydrogens (tertiary/aromatic N) is 1. The number of carbonyl (C=O) groups excluding carboxylic acids is 2. The largest absolute Gasteiger partial charge is 0.377 e. The number of benzene rings is 2. The zero-order chi connectivity index (χ0) is 21.2. The van der Waals surface area contributed by atoms with Gasteiger partial charge in [0.2, 0.25) is 5.91 Å². The van der Waals surface area contributed by atoms with Gasteiger partial charge in [-0.1, -0.05) is 18.2 Å². The van der Waals surface area contributed by atoms with Gasteiger partial charge in [0.05, 0.1) is 18.1 Å². The quantitative estimate of drug-likeness (QED) is 0.763. The van der Waals surface area contributed by atoms with E-state index >= 15 is 0 Å². The van der Waals surface area contributed by atoms with Gasteiger partial charge in [-0.15, -0.1) is 0 Å². The molecule has 3 rings (SSSR count). The predicted octanol–water partition coefficient (Wildman–Crippen LogP) is 1.43. The van der Waals surface area contributed by atoms with Crippen LogP contribution in [0, 0.1) is 13.8 Å². The van der Waals surface area contributed by atoms with Gasteiger partial charge < -0.3 is 15.4 Å². The van der Waals surface area contributed by atoms with Crippen LogP contribution in [0.25, 0.3) is 0 Å². The minimum absolute atomic E-state index is 0.0417. The van der Waals surface area contributed by atoms with Crippen LogP contribution in [0.5, 0.6) is 0 Å². The number of amides is 2. The normalized spacial score (nSPS) is 17.0. The molecule has 1 fully saturated rings. The van der Waals surface area contributed by atoms with Crippen molar-refractivity contribution in [2.24, 2.45) is 5.73 Å². The van der Waals surface area contributed by atoms with E-state index in [4.69, 9.17) is 10.5 Å². The van der Waals surface area contributed by atoms with E-state index < -0.39 is 27.9 Å². The molecule has 0 saturated carbocycles. The van der Waals surface area contributed by atoms with Crippen molar-refractivity contribution in [1.29, 1.82) is 0 Å². The first-order valence-corrected chi connectivity index (χ1v) is 10.6. The van der Waals surface area contributed by atoms with Crippen molar-refractivity contribution in [2.75, 3.05) is 24.5 Å². The number of carbonyl (C=O) groups is 2. The topological polar surface area (TPSA) is 119 Å². The minimum Gasteiger partial charge on any atom is -0.377 e. The van der Waals surface area contributed by atoms with Gasteiger partial charge in [-0.25, -0.2) is 8.42 Å². The standard InChI is InChI=1S/C20H23N3O5S/c1-13-6-7-14(2)18(10-13)29(26,27)22-16-5-3-4-15(11-16)20(25)23-8-9-28-12-17(23)19(21)24/h3-7,10-11,17,22H,8-9,12H2,1-2H3,(H2,21,24). The molecule has 3 N–H and O–H groups in total. The Morgan fingerprint density at radius 2 is 1.93 bits per heavy atom. The fraction of sp³-hybridized carbons (Fsp3) is 0.300.